The summed E-state index contributed by atoms with van der Waals surface area (Å²) < 4.78 is 13.8. The van der Waals surface area contributed by atoms with Crippen LogP contribution in [0, 0.1) is 0 Å². The van der Waals surface area contributed by atoms with Crippen LogP contribution in [0.25, 0.3) is 0 Å². The molecule has 5 aromatic rings. The normalized spacial score (nSPS) is 17.2. The summed E-state index contributed by atoms with van der Waals surface area (Å²) >= 11 is 0. The number of hydrogen-bond acceptors (Lipinski definition) is 2. The molecule has 0 aromatic heterocycles. The van der Waals surface area contributed by atoms with E-state index < -0.39 is 0 Å². The van der Waals surface area contributed by atoms with Gasteiger partial charge in [0.25, 0.3) is 13.4 Å². The molecular formula is C36H28B2O2. The zero-order valence-corrected chi connectivity index (χ0v) is 23.2. The average Bonchev–Trinajstić information content (AvgIpc) is 2.97. The van der Waals surface area contributed by atoms with E-state index >= 15 is 0 Å². The minimum Gasteiger partial charge on any atom is -0.455 e. The minimum atomic E-state index is -0.0992. The molecule has 5 aromatic carbocycles. The van der Waals surface area contributed by atoms with Crippen LogP contribution in [0.3, 0.4) is 0 Å². The highest BCUT2D eigenvalue weighted by Gasteiger charge is 2.49. The molecule has 0 spiro atoms. The van der Waals surface area contributed by atoms with Crippen molar-refractivity contribution in [3.05, 3.63) is 119 Å². The molecule has 0 unspecified atom stereocenters. The first kappa shape index (κ1) is 22.6. The van der Waals surface area contributed by atoms with Crippen molar-refractivity contribution in [3.63, 3.8) is 0 Å². The van der Waals surface area contributed by atoms with Crippen molar-refractivity contribution in [1.29, 1.82) is 0 Å². The van der Waals surface area contributed by atoms with Crippen molar-refractivity contribution >= 4 is 46.2 Å². The summed E-state index contributed by atoms with van der Waals surface area (Å²) in [6.45, 7) is 9.55. The van der Waals surface area contributed by atoms with E-state index in [-0.39, 0.29) is 24.3 Å². The second kappa shape index (κ2) is 7.31. The highest BCUT2D eigenvalue weighted by atomic mass is 16.5. The molecular weight excluding hydrogens is 486 g/mol. The van der Waals surface area contributed by atoms with Crippen LogP contribution in [0.4, 0.5) is 0 Å². The number of benzene rings is 5. The van der Waals surface area contributed by atoms with Crippen LogP contribution < -0.4 is 42.3 Å². The molecule has 0 bridgehead atoms. The van der Waals surface area contributed by atoms with Gasteiger partial charge in [0, 0.05) is 10.8 Å². The molecule has 0 fully saturated rings. The van der Waals surface area contributed by atoms with Gasteiger partial charge in [-0.15, -0.1) is 0 Å². The molecule has 4 aliphatic rings. The Balaban J connectivity index is 1.33. The molecule has 40 heavy (non-hydrogen) atoms. The molecule has 0 saturated carbocycles. The first-order valence-electron chi connectivity index (χ1n) is 14.4. The van der Waals surface area contributed by atoms with E-state index in [0.717, 1.165) is 23.0 Å². The summed E-state index contributed by atoms with van der Waals surface area (Å²) in [5.41, 5.74) is 12.9. The second-order valence-electron chi connectivity index (χ2n) is 12.8. The lowest BCUT2D eigenvalue weighted by atomic mass is 9.29. The van der Waals surface area contributed by atoms with E-state index in [1.165, 1.54) is 55.0 Å². The summed E-state index contributed by atoms with van der Waals surface area (Å²) in [6.07, 6.45) is 0. The first-order chi connectivity index (χ1) is 19.4. The van der Waals surface area contributed by atoms with Gasteiger partial charge >= 0.3 is 0 Å². The Labute approximate surface area is 236 Å². The van der Waals surface area contributed by atoms with Gasteiger partial charge < -0.3 is 9.47 Å². The summed E-state index contributed by atoms with van der Waals surface area (Å²) in [7, 11) is 0. The Hall–Kier alpha value is -4.17. The predicted molar refractivity (Wildman–Crippen MR) is 166 cm³/mol. The van der Waals surface area contributed by atoms with Gasteiger partial charge in [0.2, 0.25) is 0 Å². The Bertz CT molecular complexity index is 1800. The molecule has 9 rings (SSSR count). The van der Waals surface area contributed by atoms with Crippen LogP contribution in [-0.2, 0) is 10.8 Å². The van der Waals surface area contributed by atoms with Gasteiger partial charge in [0.05, 0.1) is 0 Å². The molecule has 2 nitrogen and oxygen atoms in total. The third kappa shape index (κ3) is 2.58. The van der Waals surface area contributed by atoms with E-state index in [0.29, 0.717) is 0 Å². The minimum absolute atomic E-state index is 0.0992. The number of hydrogen-bond donors (Lipinski definition) is 0. The lowest BCUT2D eigenvalue weighted by Crippen LogP contribution is -2.64. The van der Waals surface area contributed by atoms with Crippen LogP contribution in [0.5, 0.6) is 23.0 Å². The van der Waals surface area contributed by atoms with Gasteiger partial charge in [-0.05, 0) is 56.2 Å². The second-order valence-corrected chi connectivity index (χ2v) is 12.8. The van der Waals surface area contributed by atoms with Crippen molar-refractivity contribution in [2.75, 3.05) is 0 Å². The van der Waals surface area contributed by atoms with E-state index in [4.69, 9.17) is 9.47 Å². The quantitative estimate of drug-likeness (QED) is 0.283. The third-order valence-electron chi connectivity index (χ3n) is 10.2. The number of rotatable bonds is 0. The standard InChI is InChI=1S/C36H28B2O2/c1-35(2)21-11-5-7-15-25(21)37-27-19-20-28-34(33(27)39-29-17-9-13-23(35)31(29)37)40-30-18-10-14-24-32(30)38(28)26-16-8-6-12-22(26)36(24,3)4/h5-20H,1-4H3. The SMILES string of the molecule is CC1(C)c2ccccc2B2c3ccc4c(c3Oc3cccc1c32)Oc1cccc2c1B4c1ccccc1C2(C)C. The van der Waals surface area contributed by atoms with Crippen LogP contribution in [-0.4, -0.2) is 13.4 Å². The summed E-state index contributed by atoms with van der Waals surface area (Å²) in [6, 6.07) is 35.6. The summed E-state index contributed by atoms with van der Waals surface area (Å²) in [5, 5.41) is 0. The molecule has 4 heteroatoms. The number of ether oxygens (including phenoxy) is 2. The topological polar surface area (TPSA) is 18.5 Å². The van der Waals surface area contributed by atoms with Crippen LogP contribution in [0.15, 0.2) is 97.1 Å². The van der Waals surface area contributed by atoms with Crippen molar-refractivity contribution < 1.29 is 9.47 Å². The van der Waals surface area contributed by atoms with Gasteiger partial charge in [-0.1, -0.05) is 124 Å². The predicted octanol–water partition coefficient (Wildman–Crippen LogP) is 4.21. The van der Waals surface area contributed by atoms with Gasteiger partial charge in [-0.3, -0.25) is 0 Å². The zero-order chi connectivity index (χ0) is 27.0. The van der Waals surface area contributed by atoms with Crippen LogP contribution in [0.2, 0.25) is 0 Å². The smallest absolute Gasteiger partial charge is 0.251 e. The highest BCUT2D eigenvalue weighted by Crippen LogP contribution is 2.44. The molecule has 190 valence electrons. The van der Waals surface area contributed by atoms with E-state index in [2.05, 4.69) is 125 Å². The Kier molecular flexibility index (Phi) is 4.14. The fourth-order valence-electron chi connectivity index (χ4n) is 8.31. The molecule has 0 radical (unpaired) electrons. The zero-order valence-electron chi connectivity index (χ0n) is 23.2. The Morgan fingerprint density at radius 2 is 0.825 bits per heavy atom. The maximum Gasteiger partial charge on any atom is 0.251 e. The van der Waals surface area contributed by atoms with Gasteiger partial charge in [-0.25, -0.2) is 0 Å². The summed E-state index contributed by atoms with van der Waals surface area (Å²) in [5.74, 6) is 3.61. The van der Waals surface area contributed by atoms with Gasteiger partial charge in [0.1, 0.15) is 11.5 Å². The monoisotopic (exact) mass is 514 g/mol. The molecule has 0 amide bonds. The molecule has 0 N–H and O–H groups in total. The van der Waals surface area contributed by atoms with Gasteiger partial charge in [0.15, 0.2) is 11.5 Å². The van der Waals surface area contributed by atoms with Crippen molar-refractivity contribution in [2.45, 2.75) is 38.5 Å². The maximum atomic E-state index is 6.89. The lowest BCUT2D eigenvalue weighted by Gasteiger charge is -2.43. The van der Waals surface area contributed by atoms with Crippen LogP contribution in [0.1, 0.15) is 49.9 Å². The molecule has 0 atom stereocenters. The van der Waals surface area contributed by atoms with Crippen LogP contribution >= 0.6 is 0 Å². The van der Waals surface area contributed by atoms with Crippen molar-refractivity contribution in [3.8, 4) is 23.0 Å². The average molecular weight is 514 g/mol. The highest BCUT2D eigenvalue weighted by molar-refractivity contribution is 6.99. The molecule has 4 aliphatic heterocycles. The Morgan fingerprint density at radius 3 is 1.27 bits per heavy atom. The number of fused-ring (bicyclic) bond motifs is 9. The fourth-order valence-corrected chi connectivity index (χ4v) is 8.31. The molecule has 0 aliphatic carbocycles. The van der Waals surface area contributed by atoms with E-state index in [9.17, 15) is 0 Å². The van der Waals surface area contributed by atoms with Crippen molar-refractivity contribution in [2.24, 2.45) is 0 Å². The van der Waals surface area contributed by atoms with Crippen molar-refractivity contribution in [1.82, 2.24) is 0 Å². The molecule has 4 heterocycles. The maximum absolute atomic E-state index is 6.89. The van der Waals surface area contributed by atoms with E-state index in [1.54, 1.807) is 0 Å². The summed E-state index contributed by atoms with van der Waals surface area (Å²) in [4.78, 5) is 0. The first-order valence-corrected chi connectivity index (χ1v) is 14.4. The third-order valence-corrected chi connectivity index (χ3v) is 10.2. The molecule has 0 saturated heterocycles. The Morgan fingerprint density at radius 1 is 0.425 bits per heavy atom. The fraction of sp³-hybridized carbons (Fsp3) is 0.167. The lowest BCUT2D eigenvalue weighted by molar-refractivity contribution is 0.422. The van der Waals surface area contributed by atoms with E-state index in [1.807, 2.05) is 0 Å². The largest absolute Gasteiger partial charge is 0.455 e. The van der Waals surface area contributed by atoms with Gasteiger partial charge in [-0.2, -0.15) is 0 Å².